The summed E-state index contributed by atoms with van der Waals surface area (Å²) in [5, 5.41) is 3.62. The van der Waals surface area contributed by atoms with E-state index in [9.17, 15) is 8.42 Å². The van der Waals surface area contributed by atoms with Crippen molar-refractivity contribution in [3.63, 3.8) is 0 Å². The third kappa shape index (κ3) is 5.99. The topological polar surface area (TPSA) is 61.4 Å². The highest BCUT2D eigenvalue weighted by Gasteiger charge is 2.28. The maximum Gasteiger partial charge on any atom is 0.279 e. The first-order chi connectivity index (χ1) is 8.99. The van der Waals surface area contributed by atoms with E-state index >= 15 is 0 Å². The summed E-state index contributed by atoms with van der Waals surface area (Å²) in [7, 11) is -1.38. The highest BCUT2D eigenvalue weighted by molar-refractivity contribution is 7.99. The lowest BCUT2D eigenvalue weighted by Crippen LogP contribution is -2.47. The molecule has 1 rings (SSSR count). The van der Waals surface area contributed by atoms with E-state index in [2.05, 4.69) is 17.0 Å². The normalized spacial score (nSPS) is 23.4. The van der Waals surface area contributed by atoms with Crippen LogP contribution in [0.3, 0.4) is 0 Å². The monoisotopic (exact) mass is 309 g/mol. The Hall–Kier alpha value is 0.180. The van der Waals surface area contributed by atoms with Gasteiger partial charge < -0.3 is 5.32 Å². The summed E-state index contributed by atoms with van der Waals surface area (Å²) >= 11 is 1.76. The highest BCUT2D eigenvalue weighted by atomic mass is 32.2. The Labute approximate surface area is 122 Å². The summed E-state index contributed by atoms with van der Waals surface area (Å²) in [6.07, 6.45) is 4.98. The van der Waals surface area contributed by atoms with Crippen LogP contribution in [0.4, 0.5) is 0 Å². The summed E-state index contributed by atoms with van der Waals surface area (Å²) in [4.78, 5) is 0. The van der Waals surface area contributed by atoms with Crippen molar-refractivity contribution in [3.8, 4) is 0 Å². The first kappa shape index (κ1) is 17.2. The van der Waals surface area contributed by atoms with Crippen molar-refractivity contribution in [1.82, 2.24) is 14.3 Å². The summed E-state index contributed by atoms with van der Waals surface area (Å²) in [6.45, 7) is 4.80. The zero-order valence-electron chi connectivity index (χ0n) is 12.2. The molecule has 0 aromatic rings. The molecular formula is C12H27N3O2S2. The zero-order chi connectivity index (χ0) is 14.3. The predicted octanol–water partition coefficient (Wildman–Crippen LogP) is 0.894. The van der Waals surface area contributed by atoms with Gasteiger partial charge in [-0.25, -0.2) is 4.72 Å². The van der Waals surface area contributed by atoms with Crippen LogP contribution in [0.15, 0.2) is 0 Å². The molecule has 7 heteroatoms. The van der Waals surface area contributed by atoms with Gasteiger partial charge in [0.1, 0.15) is 0 Å². The van der Waals surface area contributed by atoms with E-state index in [4.69, 9.17) is 0 Å². The summed E-state index contributed by atoms with van der Waals surface area (Å²) in [5.74, 6) is 0.431. The average Bonchev–Trinajstić information content (AvgIpc) is 2.39. The van der Waals surface area contributed by atoms with Crippen LogP contribution in [0.5, 0.6) is 0 Å². The van der Waals surface area contributed by atoms with Gasteiger partial charge in [0.05, 0.1) is 0 Å². The number of thioether (sulfide) groups is 1. The Bertz CT molecular complexity index is 347. The third-order valence-electron chi connectivity index (χ3n) is 3.55. The molecule has 2 N–H and O–H groups in total. The summed E-state index contributed by atoms with van der Waals surface area (Å²) in [6, 6.07) is 0. The lowest BCUT2D eigenvalue weighted by molar-refractivity contribution is 0.261. The molecule has 114 valence electrons. The minimum absolute atomic E-state index is 0.431. The zero-order valence-corrected chi connectivity index (χ0v) is 13.8. The third-order valence-corrected chi connectivity index (χ3v) is 6.17. The second-order valence-electron chi connectivity index (χ2n) is 5.16. The number of hydrogen-bond donors (Lipinski definition) is 2. The molecule has 0 radical (unpaired) electrons. The van der Waals surface area contributed by atoms with Crippen molar-refractivity contribution in [3.05, 3.63) is 0 Å². The van der Waals surface area contributed by atoms with Gasteiger partial charge in [0.2, 0.25) is 0 Å². The average molecular weight is 310 g/mol. The number of hydrogen-bond acceptors (Lipinski definition) is 4. The molecule has 1 aliphatic rings. The molecule has 0 amide bonds. The number of nitrogens with one attached hydrogen (secondary N) is 2. The van der Waals surface area contributed by atoms with E-state index in [1.54, 1.807) is 16.1 Å². The van der Waals surface area contributed by atoms with Crippen molar-refractivity contribution < 1.29 is 8.42 Å². The fourth-order valence-corrected chi connectivity index (χ4v) is 3.99. The Kier molecular flexibility index (Phi) is 7.68. The lowest BCUT2D eigenvalue weighted by atomic mass is 10.00. The van der Waals surface area contributed by atoms with Crippen molar-refractivity contribution in [1.29, 1.82) is 0 Å². The van der Waals surface area contributed by atoms with Gasteiger partial charge in [-0.1, -0.05) is 6.92 Å². The molecule has 2 unspecified atom stereocenters. The molecule has 0 aliphatic carbocycles. The van der Waals surface area contributed by atoms with Crippen molar-refractivity contribution >= 4 is 22.0 Å². The van der Waals surface area contributed by atoms with Gasteiger partial charge in [-0.3, -0.25) is 0 Å². The molecule has 0 aromatic heterocycles. The standard InChI is InChI=1S/C12H27N3O2S2/c1-11(18-3)6-7-14-19(16,17)15-8-4-5-12(10-15)9-13-2/h11-14H,4-10H2,1-3H3. The molecule has 19 heavy (non-hydrogen) atoms. The second kappa shape index (κ2) is 8.46. The number of rotatable bonds is 8. The van der Waals surface area contributed by atoms with Crippen LogP contribution >= 0.6 is 11.8 Å². The summed E-state index contributed by atoms with van der Waals surface area (Å²) < 4.78 is 28.7. The van der Waals surface area contributed by atoms with Crippen LogP contribution in [-0.2, 0) is 10.2 Å². The Morgan fingerprint density at radius 3 is 2.84 bits per heavy atom. The molecule has 0 spiro atoms. The molecule has 1 aliphatic heterocycles. The lowest BCUT2D eigenvalue weighted by Gasteiger charge is -2.31. The number of piperidine rings is 1. The molecule has 1 fully saturated rings. The van der Waals surface area contributed by atoms with Crippen molar-refractivity contribution in [2.75, 3.05) is 39.5 Å². The molecule has 0 bridgehead atoms. The first-order valence-electron chi connectivity index (χ1n) is 6.91. The SMILES string of the molecule is CNCC1CCCN(S(=O)(=O)NCCC(C)SC)C1. The van der Waals surface area contributed by atoms with Gasteiger partial charge in [0.15, 0.2) is 0 Å². The molecule has 1 heterocycles. The van der Waals surface area contributed by atoms with Crippen LogP contribution in [0.2, 0.25) is 0 Å². The maximum atomic E-state index is 12.2. The minimum Gasteiger partial charge on any atom is -0.319 e. The fourth-order valence-electron chi connectivity index (χ4n) is 2.30. The van der Waals surface area contributed by atoms with Crippen LogP contribution < -0.4 is 10.0 Å². The first-order valence-corrected chi connectivity index (χ1v) is 9.64. The Morgan fingerprint density at radius 1 is 1.47 bits per heavy atom. The minimum atomic E-state index is -3.29. The van der Waals surface area contributed by atoms with E-state index in [0.717, 1.165) is 25.8 Å². The van der Waals surface area contributed by atoms with E-state index in [0.29, 0.717) is 30.8 Å². The maximum absolute atomic E-state index is 12.2. The van der Waals surface area contributed by atoms with Gasteiger partial charge in [0, 0.05) is 24.9 Å². The van der Waals surface area contributed by atoms with Crippen molar-refractivity contribution in [2.45, 2.75) is 31.4 Å². The van der Waals surface area contributed by atoms with Crippen LogP contribution in [-0.4, -0.2) is 57.5 Å². The van der Waals surface area contributed by atoms with Gasteiger partial charge in [-0.15, -0.1) is 0 Å². The Balaban J connectivity index is 2.43. The second-order valence-corrected chi connectivity index (χ2v) is 8.19. The van der Waals surface area contributed by atoms with E-state index < -0.39 is 10.2 Å². The smallest absolute Gasteiger partial charge is 0.279 e. The molecule has 0 saturated carbocycles. The van der Waals surface area contributed by atoms with Crippen LogP contribution in [0, 0.1) is 5.92 Å². The number of nitrogens with zero attached hydrogens (tertiary/aromatic N) is 1. The molecule has 1 saturated heterocycles. The molecular weight excluding hydrogens is 282 g/mol. The largest absolute Gasteiger partial charge is 0.319 e. The summed E-state index contributed by atoms with van der Waals surface area (Å²) in [5.41, 5.74) is 0. The van der Waals surface area contributed by atoms with Gasteiger partial charge in [-0.05, 0) is 45.0 Å². The van der Waals surface area contributed by atoms with Gasteiger partial charge in [0.25, 0.3) is 10.2 Å². The Morgan fingerprint density at radius 2 is 2.21 bits per heavy atom. The quantitative estimate of drug-likeness (QED) is 0.699. The molecule has 5 nitrogen and oxygen atoms in total. The highest BCUT2D eigenvalue weighted by Crippen LogP contribution is 2.18. The van der Waals surface area contributed by atoms with Crippen molar-refractivity contribution in [2.24, 2.45) is 5.92 Å². The molecule has 0 aromatic carbocycles. The predicted molar refractivity (Wildman–Crippen MR) is 82.7 cm³/mol. The fraction of sp³-hybridized carbons (Fsp3) is 1.00. The van der Waals surface area contributed by atoms with E-state index in [1.807, 2.05) is 13.3 Å². The van der Waals surface area contributed by atoms with Gasteiger partial charge in [-0.2, -0.15) is 24.5 Å². The van der Waals surface area contributed by atoms with Gasteiger partial charge >= 0.3 is 0 Å². The van der Waals surface area contributed by atoms with Crippen LogP contribution in [0.1, 0.15) is 26.2 Å². The van der Waals surface area contributed by atoms with E-state index in [-0.39, 0.29) is 0 Å². The molecule has 2 atom stereocenters. The van der Waals surface area contributed by atoms with Crippen LogP contribution in [0.25, 0.3) is 0 Å². The van der Waals surface area contributed by atoms with E-state index in [1.165, 1.54) is 0 Å².